The third-order valence-electron chi connectivity index (χ3n) is 1.84. The molecule has 0 saturated carbocycles. The minimum absolute atomic E-state index is 0.364. The Morgan fingerprint density at radius 1 is 1.47 bits per heavy atom. The lowest BCUT2D eigenvalue weighted by Gasteiger charge is -2.10. The molecule has 0 aliphatic carbocycles. The van der Waals surface area contributed by atoms with Crippen molar-refractivity contribution in [3.05, 3.63) is 30.3 Å². The van der Waals surface area contributed by atoms with E-state index in [0.717, 1.165) is 0 Å². The summed E-state index contributed by atoms with van der Waals surface area (Å²) < 4.78 is 4.91. The van der Waals surface area contributed by atoms with Crippen LogP contribution in [-0.4, -0.2) is 17.2 Å². The fraction of sp³-hybridized carbons (Fsp3) is 0.273. The molecule has 15 heavy (non-hydrogen) atoms. The van der Waals surface area contributed by atoms with E-state index < -0.39 is 18.0 Å². The highest BCUT2D eigenvalue weighted by Gasteiger charge is 2.25. The third-order valence-corrected chi connectivity index (χ3v) is 1.84. The Balaban J connectivity index is 2.68. The van der Waals surface area contributed by atoms with Gasteiger partial charge in [-0.25, -0.2) is 0 Å². The number of hydrogen-bond acceptors (Lipinski definition) is 4. The Morgan fingerprint density at radius 2 is 2.07 bits per heavy atom. The van der Waals surface area contributed by atoms with Crippen molar-refractivity contribution in [2.45, 2.75) is 13.0 Å². The van der Waals surface area contributed by atoms with Gasteiger partial charge in [0, 0.05) is 0 Å². The Labute approximate surface area is 87.7 Å². The first-order chi connectivity index (χ1) is 7.15. The monoisotopic (exact) mass is 205 g/mol. The zero-order valence-corrected chi connectivity index (χ0v) is 8.25. The lowest BCUT2D eigenvalue weighted by molar-refractivity contribution is -0.139. The van der Waals surface area contributed by atoms with E-state index in [1.165, 1.54) is 6.92 Å². The van der Waals surface area contributed by atoms with Gasteiger partial charge in [-0.05, 0) is 19.1 Å². The summed E-state index contributed by atoms with van der Waals surface area (Å²) in [5.74, 6) is -1.52. The van der Waals surface area contributed by atoms with Crippen molar-refractivity contribution < 1.29 is 14.6 Å². The standard InChI is InChI=1S/C11H11NO3/c1-8(13)10(7-12)11(14)15-9-5-3-2-4-6-9/h2-6,8,10,13H,1H3/t8?,10-/m1/s1. The fourth-order valence-corrected chi connectivity index (χ4v) is 1.03. The Bertz CT molecular complexity index is 367. The van der Waals surface area contributed by atoms with Crippen LogP contribution >= 0.6 is 0 Å². The van der Waals surface area contributed by atoms with Gasteiger partial charge in [0.2, 0.25) is 0 Å². The van der Waals surface area contributed by atoms with Gasteiger partial charge in [0.1, 0.15) is 5.75 Å². The molecule has 0 bridgehead atoms. The summed E-state index contributed by atoms with van der Waals surface area (Å²) in [7, 11) is 0. The van der Waals surface area contributed by atoms with Crippen LogP contribution in [0.5, 0.6) is 5.75 Å². The van der Waals surface area contributed by atoms with Gasteiger partial charge in [0.25, 0.3) is 0 Å². The SMILES string of the molecule is CC(O)[C@@H](C#N)C(=O)Oc1ccccc1. The summed E-state index contributed by atoms with van der Waals surface area (Å²) in [5.41, 5.74) is 0. The number of carbonyl (C=O) groups excluding carboxylic acids is 1. The van der Waals surface area contributed by atoms with Crippen molar-refractivity contribution in [3.8, 4) is 11.8 Å². The van der Waals surface area contributed by atoms with Crippen LogP contribution in [-0.2, 0) is 4.79 Å². The number of carbonyl (C=O) groups is 1. The van der Waals surface area contributed by atoms with Gasteiger partial charge in [-0.1, -0.05) is 18.2 Å². The summed E-state index contributed by atoms with van der Waals surface area (Å²) in [6.07, 6.45) is -1.04. The average Bonchev–Trinajstić information content (AvgIpc) is 2.19. The minimum Gasteiger partial charge on any atom is -0.425 e. The molecule has 0 spiro atoms. The highest BCUT2D eigenvalue weighted by atomic mass is 16.5. The number of para-hydroxylation sites is 1. The molecule has 1 aromatic rings. The third kappa shape index (κ3) is 3.08. The number of ether oxygens (including phenoxy) is 1. The second-order valence-corrected chi connectivity index (χ2v) is 3.08. The van der Waals surface area contributed by atoms with E-state index in [-0.39, 0.29) is 0 Å². The molecule has 2 atom stereocenters. The normalized spacial score (nSPS) is 13.7. The lowest BCUT2D eigenvalue weighted by atomic mass is 10.1. The van der Waals surface area contributed by atoms with E-state index >= 15 is 0 Å². The molecule has 1 rings (SSSR count). The molecule has 1 aromatic carbocycles. The summed E-state index contributed by atoms with van der Waals surface area (Å²) in [6, 6.07) is 10.1. The molecule has 0 heterocycles. The predicted octanol–water partition coefficient (Wildman–Crippen LogP) is 1.11. The van der Waals surface area contributed by atoms with E-state index in [2.05, 4.69) is 0 Å². The second kappa shape index (κ2) is 5.13. The molecule has 78 valence electrons. The Hall–Kier alpha value is -1.86. The predicted molar refractivity (Wildman–Crippen MR) is 52.9 cm³/mol. The number of nitriles is 1. The lowest BCUT2D eigenvalue weighted by Crippen LogP contribution is -2.28. The first-order valence-corrected chi connectivity index (χ1v) is 4.49. The first-order valence-electron chi connectivity index (χ1n) is 4.49. The van der Waals surface area contributed by atoms with Crippen LogP contribution in [0, 0.1) is 17.2 Å². The van der Waals surface area contributed by atoms with Crippen LogP contribution in [0.3, 0.4) is 0 Å². The molecular weight excluding hydrogens is 194 g/mol. The van der Waals surface area contributed by atoms with E-state index in [1.54, 1.807) is 36.4 Å². The van der Waals surface area contributed by atoms with Gasteiger partial charge in [0.05, 0.1) is 12.2 Å². The zero-order chi connectivity index (χ0) is 11.3. The van der Waals surface area contributed by atoms with Crippen LogP contribution in [0.15, 0.2) is 30.3 Å². The summed E-state index contributed by atoms with van der Waals surface area (Å²) in [4.78, 5) is 11.4. The zero-order valence-electron chi connectivity index (χ0n) is 8.25. The molecule has 4 heteroatoms. The maximum absolute atomic E-state index is 11.4. The summed E-state index contributed by atoms with van der Waals surface area (Å²) >= 11 is 0. The number of benzene rings is 1. The maximum Gasteiger partial charge on any atom is 0.331 e. The van der Waals surface area contributed by atoms with Crippen LogP contribution in [0.1, 0.15) is 6.92 Å². The molecule has 0 amide bonds. The van der Waals surface area contributed by atoms with E-state index in [1.807, 2.05) is 0 Å². The molecule has 4 nitrogen and oxygen atoms in total. The first kappa shape index (κ1) is 11.2. The minimum atomic E-state index is -1.15. The van der Waals surface area contributed by atoms with Crippen molar-refractivity contribution in [1.29, 1.82) is 5.26 Å². The van der Waals surface area contributed by atoms with E-state index in [9.17, 15) is 4.79 Å². The van der Waals surface area contributed by atoms with E-state index in [4.69, 9.17) is 15.1 Å². The number of rotatable bonds is 3. The average molecular weight is 205 g/mol. The number of aliphatic hydroxyl groups is 1. The molecule has 0 aliphatic heterocycles. The molecule has 0 aliphatic rings. The van der Waals surface area contributed by atoms with Crippen LogP contribution < -0.4 is 4.74 Å². The smallest absolute Gasteiger partial charge is 0.331 e. The quantitative estimate of drug-likeness (QED) is 0.592. The topological polar surface area (TPSA) is 70.3 Å². The van der Waals surface area contributed by atoms with Crippen LogP contribution in [0.4, 0.5) is 0 Å². The van der Waals surface area contributed by atoms with Gasteiger partial charge in [0.15, 0.2) is 5.92 Å². The molecule has 1 N–H and O–H groups in total. The largest absolute Gasteiger partial charge is 0.425 e. The van der Waals surface area contributed by atoms with Crippen molar-refractivity contribution in [1.82, 2.24) is 0 Å². The molecule has 0 aromatic heterocycles. The molecule has 0 radical (unpaired) electrons. The highest BCUT2D eigenvalue weighted by molar-refractivity contribution is 5.78. The van der Waals surface area contributed by atoms with Crippen LogP contribution in [0.2, 0.25) is 0 Å². The number of aliphatic hydroxyl groups excluding tert-OH is 1. The number of hydrogen-bond donors (Lipinski definition) is 1. The van der Waals surface area contributed by atoms with Crippen molar-refractivity contribution in [2.75, 3.05) is 0 Å². The Kier molecular flexibility index (Phi) is 3.83. The highest BCUT2D eigenvalue weighted by Crippen LogP contribution is 2.12. The van der Waals surface area contributed by atoms with Gasteiger partial charge < -0.3 is 9.84 Å². The summed E-state index contributed by atoms with van der Waals surface area (Å²) in [5, 5.41) is 17.8. The molecule has 0 fully saturated rings. The molecule has 1 unspecified atom stereocenters. The maximum atomic E-state index is 11.4. The number of esters is 1. The summed E-state index contributed by atoms with van der Waals surface area (Å²) in [6.45, 7) is 1.38. The number of nitrogens with zero attached hydrogens (tertiary/aromatic N) is 1. The molecule has 0 saturated heterocycles. The van der Waals surface area contributed by atoms with Crippen LogP contribution in [0.25, 0.3) is 0 Å². The van der Waals surface area contributed by atoms with Gasteiger partial charge in [-0.3, -0.25) is 4.79 Å². The van der Waals surface area contributed by atoms with Gasteiger partial charge >= 0.3 is 5.97 Å². The van der Waals surface area contributed by atoms with Crippen molar-refractivity contribution in [2.24, 2.45) is 5.92 Å². The second-order valence-electron chi connectivity index (χ2n) is 3.08. The molecular formula is C11H11NO3. The fourth-order valence-electron chi connectivity index (χ4n) is 1.03. The van der Waals surface area contributed by atoms with Gasteiger partial charge in [-0.2, -0.15) is 5.26 Å². The van der Waals surface area contributed by atoms with Crippen molar-refractivity contribution >= 4 is 5.97 Å². The van der Waals surface area contributed by atoms with Crippen molar-refractivity contribution in [3.63, 3.8) is 0 Å². The van der Waals surface area contributed by atoms with E-state index in [0.29, 0.717) is 5.75 Å². The van der Waals surface area contributed by atoms with Gasteiger partial charge in [-0.15, -0.1) is 0 Å². The Morgan fingerprint density at radius 3 is 2.53 bits per heavy atom.